The van der Waals surface area contributed by atoms with E-state index in [9.17, 15) is 9.59 Å². The fourth-order valence-electron chi connectivity index (χ4n) is 4.68. The maximum atomic E-state index is 12.7. The van der Waals surface area contributed by atoms with Crippen molar-refractivity contribution in [2.45, 2.75) is 26.4 Å². The molecule has 1 saturated heterocycles. The number of carbonyl (C=O) groups is 1. The molecule has 0 radical (unpaired) electrons. The van der Waals surface area contributed by atoms with Gasteiger partial charge in [0.2, 0.25) is 5.43 Å². The van der Waals surface area contributed by atoms with Crippen LogP contribution in [0.5, 0.6) is 5.75 Å². The zero-order valence-electron chi connectivity index (χ0n) is 16.3. The predicted octanol–water partition coefficient (Wildman–Crippen LogP) is 3.32. The Bertz CT molecular complexity index is 1040. The molecular weight excluding hydrogens is 394 g/mol. The van der Waals surface area contributed by atoms with Gasteiger partial charge in [0, 0.05) is 31.6 Å². The molecule has 4 unspecified atom stereocenters. The summed E-state index contributed by atoms with van der Waals surface area (Å²) in [4.78, 5) is 25.9. The summed E-state index contributed by atoms with van der Waals surface area (Å²) in [7, 11) is 0. The number of aryl methyl sites for hydroxylation is 1. The number of pyridine rings is 1. The van der Waals surface area contributed by atoms with Crippen molar-refractivity contribution in [3.8, 4) is 5.75 Å². The van der Waals surface area contributed by atoms with Crippen molar-refractivity contribution in [3.05, 3.63) is 45.7 Å². The third-order valence-electron chi connectivity index (χ3n) is 6.22. The number of allylic oxidation sites excluding steroid dienone is 1. The molecule has 2 aromatic rings. The van der Waals surface area contributed by atoms with Gasteiger partial charge < -0.3 is 25.0 Å². The molecule has 1 aliphatic carbocycles. The summed E-state index contributed by atoms with van der Waals surface area (Å²) in [5.41, 5.74) is 7.27. The number of carboxylic acid groups (broad SMARTS) is 1. The second-order valence-electron chi connectivity index (χ2n) is 7.83. The standard InChI is InChI=1S/C21H24ClN3O4/c1-3-24-10-17(29-21(27)28)20(26)12-5-7-16(18(22)19(12)24)25-8-13-11(2)4-6-15(23)14(13)9-25/h4-7,10-11,13-15H,3,8-9,23H2,1-2H3,(H,27,28). The van der Waals surface area contributed by atoms with Crippen LogP contribution in [-0.4, -0.2) is 35.0 Å². The quantitative estimate of drug-likeness (QED) is 0.587. The smallest absolute Gasteiger partial charge is 0.449 e. The normalized spacial score (nSPS) is 26.0. The maximum Gasteiger partial charge on any atom is 0.511 e. The number of hydrogen-bond acceptors (Lipinski definition) is 5. The highest BCUT2D eigenvalue weighted by atomic mass is 35.5. The van der Waals surface area contributed by atoms with Crippen LogP contribution in [0.3, 0.4) is 0 Å². The van der Waals surface area contributed by atoms with Crippen molar-refractivity contribution in [3.63, 3.8) is 0 Å². The lowest BCUT2D eigenvalue weighted by atomic mass is 9.77. The molecule has 7 nitrogen and oxygen atoms in total. The van der Waals surface area contributed by atoms with Crippen LogP contribution < -0.4 is 20.8 Å². The van der Waals surface area contributed by atoms with Crippen molar-refractivity contribution in [2.75, 3.05) is 18.0 Å². The molecule has 1 fully saturated rings. The molecule has 0 amide bonds. The number of rotatable bonds is 3. The Kier molecular flexibility index (Phi) is 5.04. The van der Waals surface area contributed by atoms with Gasteiger partial charge in [0.15, 0.2) is 5.75 Å². The summed E-state index contributed by atoms with van der Waals surface area (Å²) in [6.07, 6.45) is 4.16. The minimum atomic E-state index is -1.52. The average Bonchev–Trinajstić information content (AvgIpc) is 3.13. The summed E-state index contributed by atoms with van der Waals surface area (Å²) >= 11 is 6.80. The number of ether oxygens (including phenoxy) is 1. The molecule has 0 bridgehead atoms. The lowest BCUT2D eigenvalue weighted by Crippen LogP contribution is -2.38. The number of halogens is 1. The predicted molar refractivity (Wildman–Crippen MR) is 113 cm³/mol. The highest BCUT2D eigenvalue weighted by Crippen LogP contribution is 2.41. The molecule has 0 spiro atoms. The summed E-state index contributed by atoms with van der Waals surface area (Å²) in [6, 6.07) is 3.56. The minimum Gasteiger partial charge on any atom is -0.449 e. The van der Waals surface area contributed by atoms with E-state index in [-0.39, 0.29) is 11.8 Å². The second kappa shape index (κ2) is 7.39. The molecule has 4 rings (SSSR count). The fourth-order valence-corrected chi connectivity index (χ4v) is 5.07. The maximum absolute atomic E-state index is 12.7. The molecule has 8 heteroatoms. The van der Waals surface area contributed by atoms with Gasteiger partial charge in [-0.1, -0.05) is 30.7 Å². The molecule has 4 atom stereocenters. The molecule has 1 aromatic carbocycles. The van der Waals surface area contributed by atoms with Crippen molar-refractivity contribution in [2.24, 2.45) is 23.5 Å². The second-order valence-corrected chi connectivity index (χ2v) is 8.20. The number of hydrogen-bond donors (Lipinski definition) is 2. The lowest BCUT2D eigenvalue weighted by Gasteiger charge is -2.30. The Morgan fingerprint density at radius 1 is 1.31 bits per heavy atom. The third-order valence-corrected chi connectivity index (χ3v) is 6.59. The monoisotopic (exact) mass is 417 g/mol. The molecule has 0 saturated carbocycles. The lowest BCUT2D eigenvalue weighted by molar-refractivity contribution is 0.144. The van der Waals surface area contributed by atoms with Crippen LogP contribution in [0.15, 0.2) is 35.3 Å². The van der Waals surface area contributed by atoms with E-state index < -0.39 is 11.6 Å². The number of nitrogens with zero attached hydrogens (tertiary/aromatic N) is 2. The number of aromatic nitrogens is 1. The molecule has 1 aliphatic heterocycles. The first-order valence-corrected chi connectivity index (χ1v) is 10.1. The van der Waals surface area contributed by atoms with Crippen molar-refractivity contribution < 1.29 is 14.6 Å². The van der Waals surface area contributed by atoms with Crippen LogP contribution in [0.2, 0.25) is 5.02 Å². The van der Waals surface area contributed by atoms with Gasteiger partial charge in [-0.05, 0) is 30.9 Å². The van der Waals surface area contributed by atoms with Crippen LogP contribution in [0.25, 0.3) is 10.9 Å². The Morgan fingerprint density at radius 2 is 2.03 bits per heavy atom. The van der Waals surface area contributed by atoms with E-state index in [0.717, 1.165) is 18.8 Å². The van der Waals surface area contributed by atoms with Crippen LogP contribution in [0, 0.1) is 17.8 Å². The molecule has 29 heavy (non-hydrogen) atoms. The van der Waals surface area contributed by atoms with Gasteiger partial charge in [-0.25, -0.2) is 4.79 Å². The van der Waals surface area contributed by atoms with Crippen LogP contribution in [-0.2, 0) is 6.54 Å². The van der Waals surface area contributed by atoms with Crippen molar-refractivity contribution >= 4 is 34.3 Å². The highest BCUT2D eigenvalue weighted by molar-refractivity contribution is 6.37. The van der Waals surface area contributed by atoms with E-state index in [4.69, 9.17) is 22.4 Å². The summed E-state index contributed by atoms with van der Waals surface area (Å²) < 4.78 is 6.41. The number of anilines is 1. The molecule has 3 N–H and O–H groups in total. The van der Waals surface area contributed by atoms with Crippen molar-refractivity contribution in [1.29, 1.82) is 0 Å². The third kappa shape index (κ3) is 3.28. The Labute approximate surface area is 173 Å². The largest absolute Gasteiger partial charge is 0.511 e. The molecule has 2 aliphatic rings. The zero-order valence-corrected chi connectivity index (χ0v) is 17.1. The Balaban J connectivity index is 1.79. The van der Waals surface area contributed by atoms with Gasteiger partial charge in [0.25, 0.3) is 0 Å². The topological polar surface area (TPSA) is 97.8 Å². The molecule has 2 heterocycles. The van der Waals surface area contributed by atoms with E-state index in [1.165, 1.54) is 6.20 Å². The number of fused-ring (bicyclic) bond motifs is 2. The van der Waals surface area contributed by atoms with Gasteiger partial charge >= 0.3 is 6.16 Å². The van der Waals surface area contributed by atoms with Gasteiger partial charge in [0.05, 0.1) is 27.8 Å². The summed E-state index contributed by atoms with van der Waals surface area (Å²) in [6.45, 7) is 6.28. The molecule has 154 valence electrons. The van der Waals surface area contributed by atoms with Crippen LogP contribution >= 0.6 is 11.6 Å². The first-order valence-electron chi connectivity index (χ1n) is 9.77. The summed E-state index contributed by atoms with van der Waals surface area (Å²) in [5, 5.41) is 9.71. The fraction of sp³-hybridized carbons (Fsp3) is 0.429. The first kappa shape index (κ1) is 19.8. The van der Waals surface area contributed by atoms with E-state index in [1.54, 1.807) is 10.6 Å². The molecule has 1 aromatic heterocycles. The van der Waals surface area contributed by atoms with Crippen molar-refractivity contribution in [1.82, 2.24) is 4.57 Å². The first-order chi connectivity index (χ1) is 13.8. The molecular formula is C21H24ClN3O4. The SMILES string of the molecule is CCn1cc(OC(=O)O)c(=O)c2ccc(N3CC4C(C)C=CC(N)C4C3)c(Cl)c21. The average molecular weight is 418 g/mol. The van der Waals surface area contributed by atoms with E-state index >= 15 is 0 Å². The Morgan fingerprint density at radius 3 is 2.69 bits per heavy atom. The van der Waals surface area contributed by atoms with E-state index in [2.05, 4.69) is 28.7 Å². The van der Waals surface area contributed by atoms with Gasteiger partial charge in [-0.3, -0.25) is 4.79 Å². The number of nitrogens with two attached hydrogens (primary N) is 1. The Hall–Kier alpha value is -2.51. The highest BCUT2D eigenvalue weighted by Gasteiger charge is 2.40. The number of benzene rings is 1. The van der Waals surface area contributed by atoms with Crippen LogP contribution in [0.4, 0.5) is 10.5 Å². The van der Waals surface area contributed by atoms with Gasteiger partial charge in [0.1, 0.15) is 0 Å². The van der Waals surface area contributed by atoms with Crippen LogP contribution in [0.1, 0.15) is 13.8 Å². The zero-order chi connectivity index (χ0) is 20.9. The van der Waals surface area contributed by atoms with Gasteiger partial charge in [-0.15, -0.1) is 0 Å². The van der Waals surface area contributed by atoms with Gasteiger partial charge in [-0.2, -0.15) is 0 Å². The minimum absolute atomic E-state index is 0.0324. The van der Waals surface area contributed by atoms with E-state index in [1.807, 2.05) is 13.0 Å². The summed E-state index contributed by atoms with van der Waals surface area (Å²) in [5.74, 6) is 1.05. The van der Waals surface area contributed by atoms with E-state index in [0.29, 0.717) is 40.2 Å².